The standard InChI is InChI=1S/C22H28N2O5/c1-14-10-16(12-20(28-4)21(14)29-5)7-6-15-8-9-19(27-3)17(11-15)24-22(26)18(13-25)23-2/h6-12,18,23,25H,13H2,1-5H3,(H,24,26). The summed E-state index contributed by atoms with van der Waals surface area (Å²) >= 11 is 0. The summed E-state index contributed by atoms with van der Waals surface area (Å²) in [5.41, 5.74) is 3.32. The quantitative estimate of drug-likeness (QED) is 0.561. The molecule has 0 radical (unpaired) electrons. The third-order valence-electron chi connectivity index (χ3n) is 4.48. The molecular weight excluding hydrogens is 372 g/mol. The summed E-state index contributed by atoms with van der Waals surface area (Å²) in [6.45, 7) is 1.65. The van der Waals surface area contributed by atoms with Crippen LogP contribution >= 0.6 is 0 Å². The van der Waals surface area contributed by atoms with Crippen molar-refractivity contribution in [3.8, 4) is 17.2 Å². The number of likely N-dealkylation sites (N-methyl/N-ethyl adjacent to an activating group) is 1. The summed E-state index contributed by atoms with van der Waals surface area (Å²) in [6, 6.07) is 8.68. The monoisotopic (exact) mass is 400 g/mol. The van der Waals surface area contributed by atoms with E-state index in [0.717, 1.165) is 16.7 Å². The first-order chi connectivity index (χ1) is 14.0. The molecule has 0 spiro atoms. The second-order valence-corrected chi connectivity index (χ2v) is 6.38. The molecule has 1 unspecified atom stereocenters. The van der Waals surface area contributed by atoms with Crippen LogP contribution in [-0.4, -0.2) is 52.0 Å². The van der Waals surface area contributed by atoms with Crippen molar-refractivity contribution >= 4 is 23.7 Å². The van der Waals surface area contributed by atoms with Crippen LogP contribution in [0.25, 0.3) is 12.2 Å². The van der Waals surface area contributed by atoms with Crippen molar-refractivity contribution in [2.75, 3.05) is 40.3 Å². The highest BCUT2D eigenvalue weighted by Crippen LogP contribution is 2.33. The normalized spacial score (nSPS) is 11.9. The minimum atomic E-state index is -0.700. The zero-order valence-corrected chi connectivity index (χ0v) is 17.4. The van der Waals surface area contributed by atoms with E-state index in [9.17, 15) is 9.90 Å². The van der Waals surface area contributed by atoms with Crippen molar-refractivity contribution < 1.29 is 24.1 Å². The van der Waals surface area contributed by atoms with Crippen molar-refractivity contribution in [3.63, 3.8) is 0 Å². The van der Waals surface area contributed by atoms with Gasteiger partial charge in [-0.3, -0.25) is 4.79 Å². The molecule has 0 fully saturated rings. The minimum absolute atomic E-state index is 0.303. The lowest BCUT2D eigenvalue weighted by Crippen LogP contribution is -2.41. The van der Waals surface area contributed by atoms with Gasteiger partial charge >= 0.3 is 0 Å². The van der Waals surface area contributed by atoms with Crippen LogP contribution < -0.4 is 24.8 Å². The van der Waals surface area contributed by atoms with E-state index in [1.54, 1.807) is 27.3 Å². The van der Waals surface area contributed by atoms with Gasteiger partial charge in [0.05, 0.1) is 33.6 Å². The molecule has 0 aliphatic carbocycles. The molecule has 0 heterocycles. The summed E-state index contributed by atoms with van der Waals surface area (Å²) in [5, 5.41) is 14.8. The van der Waals surface area contributed by atoms with Crippen LogP contribution in [0.4, 0.5) is 5.69 Å². The van der Waals surface area contributed by atoms with Crippen molar-refractivity contribution in [1.82, 2.24) is 5.32 Å². The molecule has 156 valence electrons. The molecule has 0 aliphatic rings. The maximum absolute atomic E-state index is 12.3. The number of hydrogen-bond acceptors (Lipinski definition) is 6. The second-order valence-electron chi connectivity index (χ2n) is 6.38. The Hall–Kier alpha value is -3.03. The third-order valence-corrected chi connectivity index (χ3v) is 4.48. The van der Waals surface area contributed by atoms with Gasteiger partial charge in [0, 0.05) is 0 Å². The Labute approximate surface area is 171 Å². The predicted octanol–water partition coefficient (Wildman–Crippen LogP) is 2.71. The van der Waals surface area contributed by atoms with Crippen LogP contribution in [0.1, 0.15) is 16.7 Å². The van der Waals surface area contributed by atoms with Crippen LogP contribution in [-0.2, 0) is 4.79 Å². The van der Waals surface area contributed by atoms with Crippen molar-refractivity contribution in [2.24, 2.45) is 0 Å². The highest BCUT2D eigenvalue weighted by atomic mass is 16.5. The van der Waals surface area contributed by atoms with Crippen LogP contribution in [0.3, 0.4) is 0 Å². The van der Waals surface area contributed by atoms with E-state index in [1.165, 1.54) is 7.11 Å². The number of aliphatic hydroxyl groups excluding tert-OH is 1. The maximum atomic E-state index is 12.3. The highest BCUT2D eigenvalue weighted by molar-refractivity contribution is 5.96. The molecule has 29 heavy (non-hydrogen) atoms. The summed E-state index contributed by atoms with van der Waals surface area (Å²) in [5.74, 6) is 1.56. The minimum Gasteiger partial charge on any atom is -0.495 e. The number of rotatable bonds is 9. The summed E-state index contributed by atoms with van der Waals surface area (Å²) in [4.78, 5) is 12.3. The molecule has 0 bridgehead atoms. The Morgan fingerprint density at radius 1 is 1.03 bits per heavy atom. The summed E-state index contributed by atoms with van der Waals surface area (Å²) in [6.07, 6.45) is 3.88. The predicted molar refractivity (Wildman–Crippen MR) is 115 cm³/mol. The van der Waals surface area contributed by atoms with Gasteiger partial charge in [-0.1, -0.05) is 18.2 Å². The Balaban J connectivity index is 2.30. The molecule has 0 aliphatic heterocycles. The van der Waals surface area contributed by atoms with E-state index < -0.39 is 6.04 Å². The van der Waals surface area contributed by atoms with E-state index in [4.69, 9.17) is 14.2 Å². The zero-order valence-electron chi connectivity index (χ0n) is 17.4. The largest absolute Gasteiger partial charge is 0.495 e. The molecule has 0 saturated heterocycles. The molecular formula is C22H28N2O5. The van der Waals surface area contributed by atoms with Crippen LogP contribution in [0, 0.1) is 6.92 Å². The number of carbonyl (C=O) groups excluding carboxylic acids is 1. The number of amides is 1. The van der Waals surface area contributed by atoms with E-state index in [1.807, 2.05) is 43.3 Å². The van der Waals surface area contributed by atoms with E-state index >= 15 is 0 Å². The number of nitrogens with one attached hydrogen (secondary N) is 2. The number of carbonyl (C=O) groups is 1. The van der Waals surface area contributed by atoms with Gasteiger partial charge in [0.25, 0.3) is 0 Å². The lowest BCUT2D eigenvalue weighted by atomic mass is 10.1. The fourth-order valence-electron chi connectivity index (χ4n) is 2.92. The van der Waals surface area contributed by atoms with E-state index in [2.05, 4.69) is 10.6 Å². The van der Waals surface area contributed by atoms with Gasteiger partial charge in [-0.05, 0) is 54.9 Å². The fraction of sp³-hybridized carbons (Fsp3) is 0.318. The Morgan fingerprint density at radius 3 is 2.31 bits per heavy atom. The van der Waals surface area contributed by atoms with Crippen LogP contribution in [0.5, 0.6) is 17.2 Å². The molecule has 2 rings (SSSR count). The van der Waals surface area contributed by atoms with E-state index in [0.29, 0.717) is 22.9 Å². The number of aliphatic hydroxyl groups is 1. The van der Waals surface area contributed by atoms with Gasteiger partial charge < -0.3 is 30.0 Å². The molecule has 3 N–H and O–H groups in total. The van der Waals surface area contributed by atoms with Gasteiger partial charge in [-0.25, -0.2) is 0 Å². The number of hydrogen-bond donors (Lipinski definition) is 3. The van der Waals surface area contributed by atoms with Crippen LogP contribution in [0.15, 0.2) is 30.3 Å². The maximum Gasteiger partial charge on any atom is 0.243 e. The fourth-order valence-corrected chi connectivity index (χ4v) is 2.92. The molecule has 7 nitrogen and oxygen atoms in total. The van der Waals surface area contributed by atoms with Gasteiger partial charge in [0.1, 0.15) is 11.8 Å². The topological polar surface area (TPSA) is 89.1 Å². The number of ether oxygens (including phenoxy) is 3. The Kier molecular flexibility index (Phi) is 8.06. The molecule has 2 aromatic rings. The summed E-state index contributed by atoms with van der Waals surface area (Å²) < 4.78 is 16.1. The molecule has 0 saturated carbocycles. The van der Waals surface area contributed by atoms with Crippen molar-refractivity contribution in [2.45, 2.75) is 13.0 Å². The first-order valence-electron chi connectivity index (χ1n) is 9.15. The van der Waals surface area contributed by atoms with Gasteiger partial charge in [-0.2, -0.15) is 0 Å². The second kappa shape index (κ2) is 10.5. The highest BCUT2D eigenvalue weighted by Gasteiger charge is 2.17. The van der Waals surface area contributed by atoms with Crippen LogP contribution in [0.2, 0.25) is 0 Å². The Bertz CT molecular complexity index is 876. The average Bonchev–Trinajstić information content (AvgIpc) is 2.72. The SMILES string of the molecule is CNC(CO)C(=O)Nc1cc(C=Cc2cc(C)c(OC)c(OC)c2)ccc1OC. The molecule has 7 heteroatoms. The average molecular weight is 400 g/mol. The number of benzene rings is 2. The number of anilines is 1. The third kappa shape index (κ3) is 5.49. The smallest absolute Gasteiger partial charge is 0.243 e. The van der Waals surface area contributed by atoms with Crippen molar-refractivity contribution in [1.29, 1.82) is 0 Å². The first kappa shape index (κ1) is 22.3. The zero-order chi connectivity index (χ0) is 21.4. The molecule has 0 aromatic heterocycles. The lowest BCUT2D eigenvalue weighted by molar-refractivity contribution is -0.118. The first-order valence-corrected chi connectivity index (χ1v) is 9.15. The number of aryl methyl sites for hydroxylation is 1. The Morgan fingerprint density at radius 2 is 1.72 bits per heavy atom. The molecule has 1 atom stereocenters. The lowest BCUT2D eigenvalue weighted by Gasteiger charge is -2.15. The van der Waals surface area contributed by atoms with Gasteiger partial charge in [0.15, 0.2) is 11.5 Å². The number of methoxy groups -OCH3 is 3. The van der Waals surface area contributed by atoms with E-state index in [-0.39, 0.29) is 12.5 Å². The van der Waals surface area contributed by atoms with Crippen molar-refractivity contribution in [3.05, 3.63) is 47.0 Å². The molecule has 2 aromatic carbocycles. The molecule has 1 amide bonds. The van der Waals surface area contributed by atoms with Gasteiger partial charge in [0.2, 0.25) is 5.91 Å². The summed E-state index contributed by atoms with van der Waals surface area (Å²) in [7, 11) is 6.37. The van der Waals surface area contributed by atoms with Gasteiger partial charge in [-0.15, -0.1) is 0 Å².